The van der Waals surface area contributed by atoms with Crippen LogP contribution in [-0.4, -0.2) is 24.4 Å². The van der Waals surface area contributed by atoms with Crippen molar-refractivity contribution in [3.05, 3.63) is 47.9 Å². The number of aryl methyl sites for hydroxylation is 1. The standard InChI is InChI=1S/C15H19N3O2/c1-11-5-3-7-13(16)15(11)17-14(19)10-18(2)9-12-6-4-8-20-12/h3-8H,9-10,16H2,1-2H3,(H,17,19). The van der Waals surface area contributed by atoms with Crippen LogP contribution < -0.4 is 11.1 Å². The quantitative estimate of drug-likeness (QED) is 0.820. The summed E-state index contributed by atoms with van der Waals surface area (Å²) in [5.74, 6) is 0.732. The van der Waals surface area contributed by atoms with Crippen LogP contribution in [0.3, 0.4) is 0 Å². The monoisotopic (exact) mass is 273 g/mol. The van der Waals surface area contributed by atoms with Gasteiger partial charge in [-0.15, -0.1) is 0 Å². The predicted octanol–water partition coefficient (Wildman–Crippen LogP) is 2.24. The van der Waals surface area contributed by atoms with Crippen LogP contribution in [0.15, 0.2) is 41.0 Å². The smallest absolute Gasteiger partial charge is 0.238 e. The van der Waals surface area contributed by atoms with E-state index < -0.39 is 0 Å². The molecule has 0 unspecified atom stereocenters. The highest BCUT2D eigenvalue weighted by molar-refractivity contribution is 5.96. The number of hydrogen-bond acceptors (Lipinski definition) is 4. The maximum absolute atomic E-state index is 12.0. The van der Waals surface area contributed by atoms with Crippen molar-refractivity contribution < 1.29 is 9.21 Å². The van der Waals surface area contributed by atoms with Crippen LogP contribution in [0.25, 0.3) is 0 Å². The lowest BCUT2D eigenvalue weighted by Gasteiger charge is -2.16. The zero-order valence-corrected chi connectivity index (χ0v) is 11.7. The summed E-state index contributed by atoms with van der Waals surface area (Å²) in [7, 11) is 1.86. The van der Waals surface area contributed by atoms with E-state index in [9.17, 15) is 4.79 Å². The van der Waals surface area contributed by atoms with Crippen molar-refractivity contribution in [3.63, 3.8) is 0 Å². The summed E-state index contributed by atoms with van der Waals surface area (Å²) in [6.45, 7) is 2.77. The summed E-state index contributed by atoms with van der Waals surface area (Å²) in [5.41, 5.74) is 8.08. The first kappa shape index (κ1) is 14.1. The fourth-order valence-electron chi connectivity index (χ4n) is 2.01. The molecular formula is C15H19N3O2. The van der Waals surface area contributed by atoms with Gasteiger partial charge in [0, 0.05) is 0 Å². The second kappa shape index (κ2) is 6.25. The molecule has 1 aromatic carbocycles. The Balaban J connectivity index is 1.92. The molecule has 1 heterocycles. The molecule has 0 aliphatic rings. The number of hydrogen-bond donors (Lipinski definition) is 2. The molecule has 2 rings (SSSR count). The number of rotatable bonds is 5. The Morgan fingerprint density at radius 3 is 2.80 bits per heavy atom. The van der Waals surface area contributed by atoms with Crippen LogP contribution in [0.5, 0.6) is 0 Å². The maximum Gasteiger partial charge on any atom is 0.238 e. The van der Waals surface area contributed by atoms with E-state index in [0.717, 1.165) is 11.3 Å². The molecule has 0 saturated heterocycles. The molecule has 106 valence electrons. The highest BCUT2D eigenvalue weighted by Crippen LogP contribution is 2.22. The molecule has 1 amide bonds. The van der Waals surface area contributed by atoms with Crippen LogP contribution in [0.4, 0.5) is 11.4 Å². The van der Waals surface area contributed by atoms with Gasteiger partial charge >= 0.3 is 0 Å². The van der Waals surface area contributed by atoms with Gasteiger partial charge in [-0.25, -0.2) is 0 Å². The average molecular weight is 273 g/mol. The van der Waals surface area contributed by atoms with E-state index in [4.69, 9.17) is 10.2 Å². The molecule has 3 N–H and O–H groups in total. The van der Waals surface area contributed by atoms with Crippen molar-refractivity contribution in [3.8, 4) is 0 Å². The minimum atomic E-state index is -0.0972. The summed E-state index contributed by atoms with van der Waals surface area (Å²) < 4.78 is 5.25. The molecule has 0 aliphatic carbocycles. The first-order chi connectivity index (χ1) is 9.56. The number of carbonyl (C=O) groups is 1. The van der Waals surface area contributed by atoms with Gasteiger partial charge in [-0.3, -0.25) is 9.69 Å². The number of nitrogens with one attached hydrogen (secondary N) is 1. The van der Waals surface area contributed by atoms with Crippen LogP contribution in [0, 0.1) is 6.92 Å². The van der Waals surface area contributed by atoms with E-state index in [1.165, 1.54) is 0 Å². The van der Waals surface area contributed by atoms with Gasteiger partial charge in [-0.1, -0.05) is 12.1 Å². The van der Waals surface area contributed by atoms with Gasteiger partial charge in [0.05, 0.1) is 30.7 Å². The predicted molar refractivity (Wildman–Crippen MR) is 79.3 cm³/mol. The molecule has 0 bridgehead atoms. The van der Waals surface area contributed by atoms with E-state index in [2.05, 4.69) is 5.32 Å². The molecular weight excluding hydrogens is 254 g/mol. The topological polar surface area (TPSA) is 71.5 Å². The van der Waals surface area contributed by atoms with Crippen molar-refractivity contribution >= 4 is 17.3 Å². The van der Waals surface area contributed by atoms with E-state index in [1.807, 2.05) is 43.1 Å². The van der Waals surface area contributed by atoms with E-state index >= 15 is 0 Å². The Labute approximate surface area is 118 Å². The second-order valence-corrected chi connectivity index (χ2v) is 4.84. The van der Waals surface area contributed by atoms with E-state index in [-0.39, 0.29) is 12.5 Å². The Morgan fingerprint density at radius 2 is 2.15 bits per heavy atom. The number of nitrogens with zero attached hydrogens (tertiary/aromatic N) is 1. The largest absolute Gasteiger partial charge is 0.468 e. The lowest BCUT2D eigenvalue weighted by atomic mass is 10.1. The summed E-state index contributed by atoms with van der Waals surface area (Å²) in [4.78, 5) is 13.9. The fourth-order valence-corrected chi connectivity index (χ4v) is 2.01. The molecule has 0 radical (unpaired) electrons. The van der Waals surface area contributed by atoms with Crippen molar-refractivity contribution in [2.75, 3.05) is 24.6 Å². The molecule has 0 spiro atoms. The third-order valence-corrected chi connectivity index (χ3v) is 2.99. The van der Waals surface area contributed by atoms with Crippen LogP contribution in [0.2, 0.25) is 0 Å². The number of nitrogen functional groups attached to an aromatic ring is 1. The number of nitrogens with two attached hydrogens (primary N) is 1. The molecule has 0 fully saturated rings. The van der Waals surface area contributed by atoms with Gasteiger partial charge < -0.3 is 15.5 Å². The molecule has 0 saturated carbocycles. The average Bonchev–Trinajstić information content (AvgIpc) is 2.86. The number of anilines is 2. The first-order valence-electron chi connectivity index (χ1n) is 6.42. The SMILES string of the molecule is Cc1cccc(N)c1NC(=O)CN(C)Cc1ccco1. The third-order valence-electron chi connectivity index (χ3n) is 2.99. The summed E-state index contributed by atoms with van der Waals surface area (Å²) in [5, 5.41) is 2.85. The van der Waals surface area contributed by atoms with Gasteiger partial charge in [-0.05, 0) is 37.7 Å². The molecule has 2 aromatic rings. The summed E-state index contributed by atoms with van der Waals surface area (Å²) in [6.07, 6.45) is 1.62. The number of likely N-dealkylation sites (N-methyl/N-ethyl adjacent to an activating group) is 1. The van der Waals surface area contributed by atoms with Gasteiger partial charge in [0.2, 0.25) is 5.91 Å². The molecule has 5 heteroatoms. The zero-order chi connectivity index (χ0) is 14.5. The van der Waals surface area contributed by atoms with Gasteiger partial charge in [-0.2, -0.15) is 0 Å². The molecule has 0 aliphatic heterocycles. The van der Waals surface area contributed by atoms with Crippen molar-refractivity contribution in [1.82, 2.24) is 4.90 Å². The molecule has 1 aromatic heterocycles. The van der Waals surface area contributed by atoms with Gasteiger partial charge in [0.15, 0.2) is 0 Å². The zero-order valence-electron chi connectivity index (χ0n) is 11.7. The number of para-hydroxylation sites is 1. The number of amides is 1. The van der Waals surface area contributed by atoms with Crippen LogP contribution >= 0.6 is 0 Å². The van der Waals surface area contributed by atoms with Gasteiger partial charge in [0.1, 0.15) is 5.76 Å². The Morgan fingerprint density at radius 1 is 1.35 bits per heavy atom. The van der Waals surface area contributed by atoms with Gasteiger partial charge in [0.25, 0.3) is 0 Å². The van der Waals surface area contributed by atoms with Crippen molar-refractivity contribution in [2.45, 2.75) is 13.5 Å². The number of benzene rings is 1. The summed E-state index contributed by atoms with van der Waals surface area (Å²) >= 11 is 0. The Kier molecular flexibility index (Phi) is 4.42. The Hall–Kier alpha value is -2.27. The second-order valence-electron chi connectivity index (χ2n) is 4.84. The lowest BCUT2D eigenvalue weighted by Crippen LogP contribution is -2.30. The van der Waals surface area contributed by atoms with Crippen molar-refractivity contribution in [2.24, 2.45) is 0 Å². The maximum atomic E-state index is 12.0. The number of furan rings is 1. The molecule has 5 nitrogen and oxygen atoms in total. The molecule has 0 atom stereocenters. The van der Waals surface area contributed by atoms with E-state index in [1.54, 1.807) is 12.3 Å². The molecule has 20 heavy (non-hydrogen) atoms. The highest BCUT2D eigenvalue weighted by atomic mass is 16.3. The fraction of sp³-hybridized carbons (Fsp3) is 0.267. The van der Waals surface area contributed by atoms with Crippen molar-refractivity contribution in [1.29, 1.82) is 0 Å². The van der Waals surface area contributed by atoms with Crippen LogP contribution in [0.1, 0.15) is 11.3 Å². The lowest BCUT2D eigenvalue weighted by molar-refractivity contribution is -0.117. The third kappa shape index (κ3) is 3.61. The van der Waals surface area contributed by atoms with E-state index in [0.29, 0.717) is 17.9 Å². The van der Waals surface area contributed by atoms with Crippen LogP contribution in [-0.2, 0) is 11.3 Å². The minimum Gasteiger partial charge on any atom is -0.468 e. The minimum absolute atomic E-state index is 0.0972. The Bertz CT molecular complexity index is 559. The summed E-state index contributed by atoms with van der Waals surface area (Å²) in [6, 6.07) is 9.27. The first-order valence-corrected chi connectivity index (χ1v) is 6.42. The number of carbonyl (C=O) groups excluding carboxylic acids is 1. The highest BCUT2D eigenvalue weighted by Gasteiger charge is 2.11. The normalized spacial score (nSPS) is 10.8.